The summed E-state index contributed by atoms with van der Waals surface area (Å²) in [7, 11) is 0. The van der Waals surface area contributed by atoms with E-state index in [0.29, 0.717) is 25.3 Å². The van der Waals surface area contributed by atoms with E-state index in [2.05, 4.69) is 5.10 Å². The second kappa shape index (κ2) is 6.58. The lowest BCUT2D eigenvalue weighted by atomic mass is 10.2. The minimum Gasteiger partial charge on any atom is -0.492 e. The molecule has 5 nitrogen and oxygen atoms in total. The van der Waals surface area contributed by atoms with Crippen LogP contribution < -0.4 is 4.74 Å². The van der Waals surface area contributed by atoms with Crippen LogP contribution in [-0.4, -0.2) is 29.0 Å². The Morgan fingerprint density at radius 3 is 2.74 bits per heavy atom. The van der Waals surface area contributed by atoms with Crippen molar-refractivity contribution in [2.24, 2.45) is 0 Å². The van der Waals surface area contributed by atoms with Gasteiger partial charge in [-0.3, -0.25) is 4.68 Å². The molecular weight excluding hydrogens is 244 g/mol. The fourth-order valence-electron chi connectivity index (χ4n) is 1.59. The van der Waals surface area contributed by atoms with Crippen molar-refractivity contribution < 1.29 is 14.3 Å². The molecule has 2 rings (SSSR count). The summed E-state index contributed by atoms with van der Waals surface area (Å²) < 4.78 is 12.3. The lowest BCUT2D eigenvalue weighted by Crippen LogP contribution is -2.08. The first-order chi connectivity index (χ1) is 9.29. The third kappa shape index (κ3) is 3.84. The average Bonchev–Trinajstić information content (AvgIpc) is 2.93. The summed E-state index contributed by atoms with van der Waals surface area (Å²) in [5, 5.41) is 4.08. The van der Waals surface area contributed by atoms with Crippen molar-refractivity contribution in [3.8, 4) is 5.75 Å². The monoisotopic (exact) mass is 260 g/mol. The van der Waals surface area contributed by atoms with Crippen LogP contribution in [-0.2, 0) is 11.3 Å². The second-order valence-corrected chi connectivity index (χ2v) is 3.86. The Morgan fingerprint density at radius 1 is 1.32 bits per heavy atom. The maximum absolute atomic E-state index is 11.5. The molecule has 0 saturated carbocycles. The summed E-state index contributed by atoms with van der Waals surface area (Å²) >= 11 is 0. The predicted octanol–water partition coefficient (Wildman–Crippen LogP) is 2.14. The number of carbonyl (C=O) groups excluding carboxylic acids is 1. The van der Waals surface area contributed by atoms with Crippen molar-refractivity contribution >= 4 is 5.97 Å². The van der Waals surface area contributed by atoms with Crippen LogP contribution in [0.2, 0.25) is 0 Å². The van der Waals surface area contributed by atoms with Gasteiger partial charge in [0.25, 0.3) is 0 Å². The summed E-state index contributed by atoms with van der Waals surface area (Å²) in [6, 6.07) is 8.78. The first-order valence-corrected chi connectivity index (χ1v) is 6.17. The normalized spacial score (nSPS) is 10.2. The molecule has 0 fully saturated rings. The van der Waals surface area contributed by atoms with Gasteiger partial charge in [-0.1, -0.05) is 0 Å². The van der Waals surface area contributed by atoms with Crippen molar-refractivity contribution in [2.45, 2.75) is 13.5 Å². The molecule has 0 saturated heterocycles. The molecule has 100 valence electrons. The van der Waals surface area contributed by atoms with Crippen molar-refractivity contribution in [2.75, 3.05) is 13.2 Å². The highest BCUT2D eigenvalue weighted by atomic mass is 16.5. The van der Waals surface area contributed by atoms with Crippen LogP contribution in [0.25, 0.3) is 0 Å². The zero-order valence-electron chi connectivity index (χ0n) is 10.8. The van der Waals surface area contributed by atoms with Crippen LogP contribution in [0.15, 0.2) is 42.7 Å². The van der Waals surface area contributed by atoms with Gasteiger partial charge < -0.3 is 9.47 Å². The summed E-state index contributed by atoms with van der Waals surface area (Å²) in [4.78, 5) is 11.5. The average molecular weight is 260 g/mol. The molecule has 0 amide bonds. The highest BCUT2D eigenvalue weighted by molar-refractivity contribution is 5.89. The number of rotatable bonds is 6. The first kappa shape index (κ1) is 13.1. The summed E-state index contributed by atoms with van der Waals surface area (Å²) in [5.41, 5.74) is 0.529. The number of hydrogen-bond donors (Lipinski definition) is 0. The van der Waals surface area contributed by atoms with E-state index in [1.54, 1.807) is 42.1 Å². The van der Waals surface area contributed by atoms with Crippen LogP contribution in [0.3, 0.4) is 0 Å². The van der Waals surface area contributed by atoms with E-state index in [1.807, 2.05) is 12.3 Å². The zero-order chi connectivity index (χ0) is 13.5. The van der Waals surface area contributed by atoms with Gasteiger partial charge in [-0.05, 0) is 37.3 Å². The van der Waals surface area contributed by atoms with E-state index >= 15 is 0 Å². The van der Waals surface area contributed by atoms with Gasteiger partial charge in [0.05, 0.1) is 18.7 Å². The Kier molecular flexibility index (Phi) is 4.55. The van der Waals surface area contributed by atoms with Crippen molar-refractivity contribution in [3.63, 3.8) is 0 Å². The van der Waals surface area contributed by atoms with Crippen LogP contribution in [0.5, 0.6) is 5.75 Å². The number of hydrogen-bond acceptors (Lipinski definition) is 4. The van der Waals surface area contributed by atoms with E-state index in [-0.39, 0.29) is 5.97 Å². The molecule has 1 heterocycles. The molecule has 5 heteroatoms. The summed E-state index contributed by atoms with van der Waals surface area (Å²) in [5.74, 6) is 0.408. The molecule has 19 heavy (non-hydrogen) atoms. The van der Waals surface area contributed by atoms with Crippen LogP contribution in [0.1, 0.15) is 17.3 Å². The molecule has 0 N–H and O–H groups in total. The van der Waals surface area contributed by atoms with E-state index in [9.17, 15) is 4.79 Å². The highest BCUT2D eigenvalue weighted by Crippen LogP contribution is 2.13. The fourth-order valence-corrected chi connectivity index (χ4v) is 1.59. The Bertz CT molecular complexity index is 506. The maximum Gasteiger partial charge on any atom is 0.338 e. The second-order valence-electron chi connectivity index (χ2n) is 3.86. The summed E-state index contributed by atoms with van der Waals surface area (Å²) in [6.07, 6.45) is 3.61. The summed E-state index contributed by atoms with van der Waals surface area (Å²) in [6.45, 7) is 3.37. The van der Waals surface area contributed by atoms with Crippen LogP contribution in [0.4, 0.5) is 0 Å². The number of aromatic nitrogens is 2. The molecule has 2 aromatic rings. The van der Waals surface area contributed by atoms with Gasteiger partial charge in [-0.2, -0.15) is 5.10 Å². The lowest BCUT2D eigenvalue weighted by molar-refractivity contribution is 0.0526. The van der Waals surface area contributed by atoms with Gasteiger partial charge in [0.2, 0.25) is 0 Å². The van der Waals surface area contributed by atoms with Gasteiger partial charge in [0.15, 0.2) is 0 Å². The zero-order valence-corrected chi connectivity index (χ0v) is 10.8. The quantitative estimate of drug-likeness (QED) is 0.747. The Labute approximate surface area is 111 Å². The Hall–Kier alpha value is -2.30. The topological polar surface area (TPSA) is 53.4 Å². The van der Waals surface area contributed by atoms with E-state index < -0.39 is 0 Å². The SMILES string of the molecule is CCOC(=O)c1ccc(OCCn2cccn2)cc1. The van der Waals surface area contributed by atoms with Gasteiger partial charge in [-0.25, -0.2) is 4.79 Å². The van der Waals surface area contributed by atoms with E-state index in [0.717, 1.165) is 5.75 Å². The molecule has 0 radical (unpaired) electrons. The van der Waals surface area contributed by atoms with Crippen LogP contribution >= 0.6 is 0 Å². The minimum atomic E-state index is -0.314. The lowest BCUT2D eigenvalue weighted by Gasteiger charge is -2.07. The molecule has 0 bridgehead atoms. The number of esters is 1. The molecule has 1 aromatic carbocycles. The molecule has 1 aromatic heterocycles. The van der Waals surface area contributed by atoms with Gasteiger partial charge in [-0.15, -0.1) is 0 Å². The first-order valence-electron chi connectivity index (χ1n) is 6.17. The van der Waals surface area contributed by atoms with Crippen LogP contribution in [0, 0.1) is 0 Å². The maximum atomic E-state index is 11.5. The van der Waals surface area contributed by atoms with Gasteiger partial charge in [0, 0.05) is 12.4 Å². The Balaban J connectivity index is 1.83. The molecular formula is C14H16N2O3. The van der Waals surface area contributed by atoms with Gasteiger partial charge in [0.1, 0.15) is 12.4 Å². The largest absolute Gasteiger partial charge is 0.492 e. The highest BCUT2D eigenvalue weighted by Gasteiger charge is 2.05. The number of ether oxygens (including phenoxy) is 2. The molecule has 0 unspecified atom stereocenters. The molecule has 0 spiro atoms. The molecule has 0 atom stereocenters. The molecule has 0 aliphatic rings. The Morgan fingerprint density at radius 2 is 2.11 bits per heavy atom. The molecule has 0 aliphatic heterocycles. The number of nitrogens with zero attached hydrogens (tertiary/aromatic N) is 2. The molecule has 0 aliphatic carbocycles. The van der Waals surface area contributed by atoms with E-state index in [1.165, 1.54) is 0 Å². The standard InChI is InChI=1S/C14H16N2O3/c1-2-18-14(17)12-4-6-13(7-5-12)19-11-10-16-9-3-8-15-16/h3-9H,2,10-11H2,1H3. The van der Waals surface area contributed by atoms with Crippen molar-refractivity contribution in [3.05, 3.63) is 48.3 Å². The fraction of sp³-hybridized carbons (Fsp3) is 0.286. The van der Waals surface area contributed by atoms with E-state index in [4.69, 9.17) is 9.47 Å². The third-order valence-corrected chi connectivity index (χ3v) is 2.51. The van der Waals surface area contributed by atoms with Gasteiger partial charge >= 0.3 is 5.97 Å². The number of benzene rings is 1. The predicted molar refractivity (Wildman–Crippen MR) is 70.1 cm³/mol. The van der Waals surface area contributed by atoms with Crippen molar-refractivity contribution in [1.29, 1.82) is 0 Å². The minimum absolute atomic E-state index is 0.314. The smallest absolute Gasteiger partial charge is 0.338 e. The van der Waals surface area contributed by atoms with Crippen molar-refractivity contribution in [1.82, 2.24) is 9.78 Å². The third-order valence-electron chi connectivity index (χ3n) is 2.51. The number of carbonyl (C=O) groups is 1.